The fraction of sp³-hybridized carbons (Fsp3) is 0.938. The normalized spacial score (nSPS) is 18.2. The first-order valence-electron chi connectivity index (χ1n) is 7.95. The van der Waals surface area contributed by atoms with Gasteiger partial charge in [-0.2, -0.15) is 5.26 Å². The third-order valence-electron chi connectivity index (χ3n) is 3.87. The molecule has 0 aromatic rings. The van der Waals surface area contributed by atoms with Crippen LogP contribution in [0.5, 0.6) is 0 Å². The van der Waals surface area contributed by atoms with Crippen molar-refractivity contribution in [3.8, 4) is 6.07 Å². The van der Waals surface area contributed by atoms with E-state index in [9.17, 15) is 5.26 Å². The number of nitrogens with zero attached hydrogens (tertiary/aromatic N) is 2. The summed E-state index contributed by atoms with van der Waals surface area (Å²) in [5, 5.41) is 13.3. The van der Waals surface area contributed by atoms with Gasteiger partial charge in [0.15, 0.2) is 0 Å². The van der Waals surface area contributed by atoms with Gasteiger partial charge in [-0.3, -0.25) is 10.2 Å². The van der Waals surface area contributed by atoms with Gasteiger partial charge in [0.05, 0.1) is 12.7 Å². The number of nitrogens with one attached hydrogen (secondary N) is 1. The Kier molecular flexibility index (Phi) is 7.50. The molecule has 1 saturated carbocycles. The fourth-order valence-corrected chi connectivity index (χ4v) is 2.74. The Morgan fingerprint density at radius 2 is 2.15 bits per heavy atom. The average molecular weight is 281 g/mol. The lowest BCUT2D eigenvalue weighted by Crippen LogP contribution is -2.55. The molecule has 0 aliphatic heterocycles. The Morgan fingerprint density at radius 1 is 1.45 bits per heavy atom. The molecule has 1 fully saturated rings. The first kappa shape index (κ1) is 17.4. The highest BCUT2D eigenvalue weighted by molar-refractivity contribution is 5.16. The highest BCUT2D eigenvalue weighted by atomic mass is 16.5. The molecule has 4 heteroatoms. The summed E-state index contributed by atoms with van der Waals surface area (Å²) in [5.74, 6) is 1.13. The second-order valence-corrected chi connectivity index (χ2v) is 6.41. The van der Waals surface area contributed by atoms with E-state index in [2.05, 4.69) is 37.1 Å². The summed E-state index contributed by atoms with van der Waals surface area (Å²) in [6.07, 6.45) is 3.44. The summed E-state index contributed by atoms with van der Waals surface area (Å²) in [6.45, 7) is 11.0. The molecular formula is C16H31N3O. The summed E-state index contributed by atoms with van der Waals surface area (Å²) in [7, 11) is 1.74. The predicted octanol–water partition coefficient (Wildman–Crippen LogP) is 2.26. The zero-order valence-electron chi connectivity index (χ0n) is 13.6. The first-order valence-corrected chi connectivity index (χ1v) is 7.95. The van der Waals surface area contributed by atoms with E-state index in [4.69, 9.17) is 4.74 Å². The van der Waals surface area contributed by atoms with Crippen molar-refractivity contribution < 1.29 is 4.74 Å². The maximum absolute atomic E-state index is 9.75. The fourth-order valence-electron chi connectivity index (χ4n) is 2.74. The third kappa shape index (κ3) is 5.40. The number of rotatable bonds is 11. The number of hydrogen-bond donors (Lipinski definition) is 1. The average Bonchev–Trinajstić information content (AvgIpc) is 3.25. The van der Waals surface area contributed by atoms with E-state index >= 15 is 0 Å². The molecule has 0 radical (unpaired) electrons. The van der Waals surface area contributed by atoms with E-state index in [0.717, 1.165) is 39.2 Å². The zero-order valence-corrected chi connectivity index (χ0v) is 13.6. The molecule has 0 saturated heterocycles. The molecule has 116 valence electrons. The van der Waals surface area contributed by atoms with Crippen LogP contribution < -0.4 is 5.32 Å². The molecule has 0 heterocycles. The van der Waals surface area contributed by atoms with Gasteiger partial charge in [-0.25, -0.2) is 0 Å². The summed E-state index contributed by atoms with van der Waals surface area (Å²) in [5.41, 5.74) is -0.362. The van der Waals surface area contributed by atoms with Gasteiger partial charge in [0.25, 0.3) is 0 Å². The Bertz CT molecular complexity index is 309. The minimum atomic E-state index is -0.362. The van der Waals surface area contributed by atoms with Crippen molar-refractivity contribution >= 4 is 0 Å². The van der Waals surface area contributed by atoms with Crippen LogP contribution >= 0.6 is 0 Å². The molecule has 1 aliphatic rings. The summed E-state index contributed by atoms with van der Waals surface area (Å²) in [6, 6.07) is 2.60. The van der Waals surface area contributed by atoms with Crippen LogP contribution in [0.15, 0.2) is 0 Å². The minimum Gasteiger partial charge on any atom is -0.383 e. The predicted molar refractivity (Wildman–Crippen MR) is 82.5 cm³/mol. The van der Waals surface area contributed by atoms with Crippen molar-refractivity contribution in [2.24, 2.45) is 11.8 Å². The third-order valence-corrected chi connectivity index (χ3v) is 3.87. The van der Waals surface area contributed by atoms with Crippen molar-refractivity contribution in [3.63, 3.8) is 0 Å². The van der Waals surface area contributed by atoms with Crippen molar-refractivity contribution in [3.05, 3.63) is 0 Å². The van der Waals surface area contributed by atoms with E-state index in [1.165, 1.54) is 12.8 Å². The van der Waals surface area contributed by atoms with E-state index in [1.807, 2.05) is 0 Å². The number of nitriles is 1. The maximum atomic E-state index is 9.75. The smallest absolute Gasteiger partial charge is 0.122 e. The molecule has 1 N–H and O–H groups in total. The van der Waals surface area contributed by atoms with Gasteiger partial charge >= 0.3 is 0 Å². The summed E-state index contributed by atoms with van der Waals surface area (Å²) >= 11 is 0. The van der Waals surface area contributed by atoms with Gasteiger partial charge in [-0.05, 0) is 37.6 Å². The van der Waals surface area contributed by atoms with Gasteiger partial charge in [0.1, 0.15) is 5.54 Å². The molecule has 0 aromatic carbocycles. The Balaban J connectivity index is 2.69. The second-order valence-electron chi connectivity index (χ2n) is 6.41. The van der Waals surface area contributed by atoms with Crippen molar-refractivity contribution in [1.82, 2.24) is 10.2 Å². The Hall–Kier alpha value is -0.630. The monoisotopic (exact) mass is 281 g/mol. The molecule has 1 aliphatic carbocycles. The van der Waals surface area contributed by atoms with Crippen LogP contribution in [0.25, 0.3) is 0 Å². The summed E-state index contributed by atoms with van der Waals surface area (Å²) < 4.78 is 5.21. The molecule has 4 nitrogen and oxygen atoms in total. The minimum absolute atomic E-state index is 0.362. The van der Waals surface area contributed by atoms with Gasteiger partial charge in [-0.1, -0.05) is 20.8 Å². The van der Waals surface area contributed by atoms with E-state index in [-0.39, 0.29) is 5.54 Å². The molecule has 1 unspecified atom stereocenters. The van der Waals surface area contributed by atoms with Crippen molar-refractivity contribution in [2.45, 2.75) is 45.6 Å². The van der Waals surface area contributed by atoms with E-state index in [0.29, 0.717) is 11.8 Å². The quantitative estimate of drug-likeness (QED) is 0.631. The van der Waals surface area contributed by atoms with Gasteiger partial charge in [0.2, 0.25) is 0 Å². The number of methoxy groups -OCH3 is 1. The SMILES string of the molecule is CCCNC(C#N)(CN(CCOC)CC(C)C)C1CC1. The van der Waals surface area contributed by atoms with E-state index in [1.54, 1.807) is 7.11 Å². The van der Waals surface area contributed by atoms with Gasteiger partial charge in [-0.15, -0.1) is 0 Å². The largest absolute Gasteiger partial charge is 0.383 e. The summed E-state index contributed by atoms with van der Waals surface area (Å²) in [4.78, 5) is 2.39. The van der Waals surface area contributed by atoms with Crippen LogP contribution in [0.4, 0.5) is 0 Å². The van der Waals surface area contributed by atoms with Crippen LogP contribution in [-0.2, 0) is 4.74 Å². The molecule has 0 spiro atoms. The molecule has 0 bridgehead atoms. The second kappa shape index (κ2) is 8.61. The first-order chi connectivity index (χ1) is 9.57. The van der Waals surface area contributed by atoms with Crippen molar-refractivity contribution in [1.29, 1.82) is 5.26 Å². The number of hydrogen-bond acceptors (Lipinski definition) is 4. The zero-order chi connectivity index (χ0) is 15.0. The topological polar surface area (TPSA) is 48.3 Å². The molecule has 0 amide bonds. The highest BCUT2D eigenvalue weighted by Crippen LogP contribution is 2.40. The lowest BCUT2D eigenvalue weighted by atomic mass is 9.93. The highest BCUT2D eigenvalue weighted by Gasteiger charge is 2.46. The molecule has 1 atom stereocenters. The number of ether oxygens (including phenoxy) is 1. The Morgan fingerprint density at radius 3 is 2.60 bits per heavy atom. The van der Waals surface area contributed by atoms with E-state index < -0.39 is 0 Å². The molecule has 20 heavy (non-hydrogen) atoms. The van der Waals surface area contributed by atoms with Gasteiger partial charge in [0, 0.05) is 26.7 Å². The van der Waals surface area contributed by atoms with Gasteiger partial charge < -0.3 is 4.74 Å². The molecule has 1 rings (SSSR count). The molecular weight excluding hydrogens is 250 g/mol. The lowest BCUT2D eigenvalue weighted by molar-refractivity contribution is 0.118. The van der Waals surface area contributed by atoms with Crippen LogP contribution in [0.2, 0.25) is 0 Å². The van der Waals surface area contributed by atoms with Crippen LogP contribution in [0, 0.1) is 23.2 Å². The lowest BCUT2D eigenvalue weighted by Gasteiger charge is -2.35. The Labute approximate surface area is 124 Å². The standard InChI is InChI=1S/C16H31N3O/c1-5-8-18-16(12-17,15-6-7-15)13-19(9-10-20-4)11-14(2)3/h14-15,18H,5-11,13H2,1-4H3. The van der Waals surface area contributed by atoms with Crippen molar-refractivity contribution in [2.75, 3.05) is 39.9 Å². The van der Waals surface area contributed by atoms with Crippen LogP contribution in [-0.4, -0.2) is 50.3 Å². The molecule has 0 aromatic heterocycles. The van der Waals surface area contributed by atoms with Crippen LogP contribution in [0.3, 0.4) is 0 Å². The van der Waals surface area contributed by atoms with Crippen LogP contribution in [0.1, 0.15) is 40.0 Å². The maximum Gasteiger partial charge on any atom is 0.122 e.